The summed E-state index contributed by atoms with van der Waals surface area (Å²) in [5.41, 5.74) is 8.55. The van der Waals surface area contributed by atoms with Crippen LogP contribution in [0.4, 0.5) is 0 Å². The lowest BCUT2D eigenvalue weighted by Crippen LogP contribution is -2.32. The molecule has 3 heterocycles. The number of carbonyl (C=O) groups is 2. The van der Waals surface area contributed by atoms with Gasteiger partial charge in [-0.15, -0.1) is 0 Å². The summed E-state index contributed by atoms with van der Waals surface area (Å²) in [6.07, 6.45) is 4.26. The van der Waals surface area contributed by atoms with Crippen molar-refractivity contribution in [3.05, 3.63) is 122 Å². The van der Waals surface area contributed by atoms with E-state index < -0.39 is 26.9 Å². The van der Waals surface area contributed by atoms with Gasteiger partial charge in [0.2, 0.25) is 5.09 Å². The number of benzene rings is 2. The van der Waals surface area contributed by atoms with Gasteiger partial charge in [-0.2, -0.15) is 13.5 Å². The number of pyridine rings is 1. The van der Waals surface area contributed by atoms with Crippen LogP contribution in [0.3, 0.4) is 0 Å². The van der Waals surface area contributed by atoms with E-state index in [1.54, 1.807) is 30.6 Å². The lowest BCUT2D eigenvalue weighted by atomic mass is 9.93. The Bertz CT molecular complexity index is 2380. The molecule has 0 fully saturated rings. The van der Waals surface area contributed by atoms with Gasteiger partial charge in [-0.25, -0.2) is 4.72 Å². The van der Waals surface area contributed by atoms with Crippen LogP contribution in [0.25, 0.3) is 16.7 Å². The van der Waals surface area contributed by atoms with E-state index in [4.69, 9.17) is 37.5 Å². The fourth-order valence-electron chi connectivity index (χ4n) is 6.85. The molecule has 0 saturated carbocycles. The van der Waals surface area contributed by atoms with Gasteiger partial charge in [0.15, 0.2) is 5.76 Å². The Kier molecular flexibility index (Phi) is 11.4. The second-order valence-corrected chi connectivity index (χ2v) is 16.0. The van der Waals surface area contributed by atoms with Crippen molar-refractivity contribution < 1.29 is 27.2 Å². The van der Waals surface area contributed by atoms with Gasteiger partial charge in [-0.3, -0.25) is 19.3 Å². The molecule has 5 aromatic rings. The molecule has 1 aliphatic rings. The van der Waals surface area contributed by atoms with Crippen molar-refractivity contribution >= 4 is 50.6 Å². The number of carbonyl (C=O) groups excluding carboxylic acids is 2. The summed E-state index contributed by atoms with van der Waals surface area (Å²) < 4.78 is 42.7. The first-order valence-electron chi connectivity index (χ1n) is 17.5. The molecule has 0 unspecified atom stereocenters. The zero-order chi connectivity index (χ0) is 38.9. The first kappa shape index (κ1) is 38.8. The molecule has 1 aliphatic carbocycles. The van der Waals surface area contributed by atoms with Crippen LogP contribution in [0.5, 0.6) is 5.75 Å². The predicted octanol–water partition coefficient (Wildman–Crippen LogP) is 8.26. The maximum atomic E-state index is 14.1. The van der Waals surface area contributed by atoms with Crippen molar-refractivity contribution in [3.63, 3.8) is 0 Å². The molecule has 6 rings (SSSR count). The van der Waals surface area contributed by atoms with E-state index in [0.717, 1.165) is 56.4 Å². The molecule has 0 bridgehead atoms. The number of nitrogens with one attached hydrogen (secondary N) is 2. The number of hydrogen-bond donors (Lipinski definition) is 2. The molecule has 0 atom stereocenters. The normalized spacial score (nSPS) is 12.7. The fraction of sp³-hybridized carbons (Fsp3) is 0.300. The Hall–Kier alpha value is -4.91. The van der Waals surface area contributed by atoms with E-state index in [0.29, 0.717) is 40.8 Å². The van der Waals surface area contributed by atoms with E-state index in [1.165, 1.54) is 6.07 Å². The van der Waals surface area contributed by atoms with E-state index in [1.807, 2.05) is 50.6 Å². The minimum atomic E-state index is -4.51. The van der Waals surface area contributed by atoms with Gasteiger partial charge in [-0.1, -0.05) is 29.3 Å². The highest BCUT2D eigenvalue weighted by atomic mass is 35.5. The molecule has 2 amide bonds. The Morgan fingerprint density at radius 1 is 0.963 bits per heavy atom. The number of furan rings is 1. The number of halogens is 2. The maximum absolute atomic E-state index is 14.1. The lowest BCUT2D eigenvalue weighted by Gasteiger charge is -2.15. The summed E-state index contributed by atoms with van der Waals surface area (Å²) in [7, 11) is -4.51. The molecular formula is C40H41Cl2N5O6S. The summed E-state index contributed by atoms with van der Waals surface area (Å²) >= 11 is 13.3. The quantitative estimate of drug-likeness (QED) is 0.113. The zero-order valence-corrected chi connectivity index (χ0v) is 33.2. The van der Waals surface area contributed by atoms with E-state index in [9.17, 15) is 18.0 Å². The van der Waals surface area contributed by atoms with Gasteiger partial charge in [0.25, 0.3) is 21.8 Å². The van der Waals surface area contributed by atoms with Gasteiger partial charge >= 0.3 is 0 Å². The molecular weight excluding hydrogens is 749 g/mol. The Labute approximate surface area is 324 Å². The number of sulfonamides is 1. The number of aromatic nitrogens is 3. The molecule has 2 aromatic carbocycles. The van der Waals surface area contributed by atoms with Gasteiger partial charge < -0.3 is 14.5 Å². The van der Waals surface area contributed by atoms with Crippen molar-refractivity contribution in [2.24, 2.45) is 0 Å². The van der Waals surface area contributed by atoms with Crippen LogP contribution in [0, 0.1) is 27.7 Å². The average molecular weight is 791 g/mol. The third-order valence-corrected chi connectivity index (χ3v) is 11.5. The number of ether oxygens (including phenoxy) is 1. The minimum Gasteiger partial charge on any atom is -0.494 e. The van der Waals surface area contributed by atoms with Crippen LogP contribution in [0.2, 0.25) is 10.0 Å². The molecule has 14 heteroatoms. The number of allylic oxidation sites excluding steroid dienone is 1. The summed E-state index contributed by atoms with van der Waals surface area (Å²) in [4.78, 5) is 30.8. The number of nitrogens with zero attached hydrogens (tertiary/aromatic N) is 3. The first-order chi connectivity index (χ1) is 25.7. The van der Waals surface area contributed by atoms with Gasteiger partial charge in [-0.05, 0) is 130 Å². The highest BCUT2D eigenvalue weighted by Crippen LogP contribution is 2.46. The molecule has 282 valence electrons. The second kappa shape index (κ2) is 15.8. The molecule has 0 aliphatic heterocycles. The summed E-state index contributed by atoms with van der Waals surface area (Å²) in [5, 5.41) is 8.08. The van der Waals surface area contributed by atoms with E-state index in [-0.39, 0.29) is 30.3 Å². The summed E-state index contributed by atoms with van der Waals surface area (Å²) in [5.74, 6) is -0.953. The van der Waals surface area contributed by atoms with Crippen molar-refractivity contribution in [2.45, 2.75) is 78.5 Å². The van der Waals surface area contributed by atoms with Crippen molar-refractivity contribution in [2.75, 3.05) is 6.61 Å². The van der Waals surface area contributed by atoms with Crippen LogP contribution in [-0.2, 0) is 27.8 Å². The SMILES string of the molecule is Cc1cc(OCCCC2=C(C(=O)NS(=O)(=O)c3ccc(C(=O)NCc4ccncc4)o3)Cc3c2ccc(Cl)c3-c2c(C)nn(C(C)C)c2C)cc(C)c1Cl. The van der Waals surface area contributed by atoms with E-state index in [2.05, 4.69) is 28.9 Å². The highest BCUT2D eigenvalue weighted by molar-refractivity contribution is 7.90. The highest BCUT2D eigenvalue weighted by Gasteiger charge is 2.34. The number of hydrogen-bond acceptors (Lipinski definition) is 8. The number of aryl methyl sites for hydroxylation is 3. The molecule has 54 heavy (non-hydrogen) atoms. The monoisotopic (exact) mass is 789 g/mol. The van der Waals surface area contributed by atoms with Crippen LogP contribution in [0.1, 0.15) is 82.5 Å². The third kappa shape index (κ3) is 7.96. The van der Waals surface area contributed by atoms with E-state index >= 15 is 0 Å². The molecule has 2 N–H and O–H groups in total. The standard InChI is InChI=1S/C40H41Cl2N5O6S/c1-22(2)47-26(6)36(25(5)45-47)37-31-20-32(29(30(31)9-10-33(37)41)8-7-17-52-28-18-23(3)38(42)24(4)19-28)39(48)46-54(50,51)35-12-11-34(53-35)40(49)44-21-27-13-15-43-16-14-27/h9-16,18-19,22H,7-8,17,20-21H2,1-6H3,(H,44,49)(H,46,48). The van der Waals surface area contributed by atoms with Crippen LogP contribution < -0.4 is 14.8 Å². The molecule has 0 radical (unpaired) electrons. The van der Waals surface area contributed by atoms with Crippen LogP contribution >= 0.6 is 23.2 Å². The predicted molar refractivity (Wildman–Crippen MR) is 208 cm³/mol. The van der Waals surface area contributed by atoms with Crippen molar-refractivity contribution in [3.8, 4) is 16.9 Å². The first-order valence-corrected chi connectivity index (χ1v) is 19.7. The molecule has 11 nitrogen and oxygen atoms in total. The van der Waals surface area contributed by atoms with Crippen LogP contribution in [0.15, 0.2) is 76.0 Å². The second-order valence-electron chi connectivity index (χ2n) is 13.6. The zero-order valence-electron chi connectivity index (χ0n) is 30.8. The summed E-state index contributed by atoms with van der Waals surface area (Å²) in [6.45, 7) is 12.4. The largest absolute Gasteiger partial charge is 0.494 e. The Morgan fingerprint density at radius 3 is 2.33 bits per heavy atom. The number of fused-ring (bicyclic) bond motifs is 1. The van der Waals surface area contributed by atoms with Gasteiger partial charge in [0.1, 0.15) is 5.75 Å². The van der Waals surface area contributed by atoms with Crippen molar-refractivity contribution in [1.29, 1.82) is 0 Å². The Balaban J connectivity index is 1.28. The minimum absolute atomic E-state index is 0.107. The topological polar surface area (TPSA) is 145 Å². The molecule has 0 saturated heterocycles. The lowest BCUT2D eigenvalue weighted by molar-refractivity contribution is -0.115. The summed E-state index contributed by atoms with van der Waals surface area (Å²) in [6, 6.07) is 13.4. The number of rotatable bonds is 13. The number of amides is 2. The van der Waals surface area contributed by atoms with Crippen molar-refractivity contribution in [1.82, 2.24) is 24.8 Å². The third-order valence-electron chi connectivity index (χ3n) is 9.39. The fourth-order valence-corrected chi connectivity index (χ4v) is 8.15. The van der Waals surface area contributed by atoms with Gasteiger partial charge in [0.05, 0.1) is 12.3 Å². The van der Waals surface area contributed by atoms with Crippen LogP contribution in [-0.4, -0.2) is 41.6 Å². The Morgan fingerprint density at radius 2 is 1.67 bits per heavy atom. The molecule has 3 aromatic heterocycles. The average Bonchev–Trinajstić information content (AvgIpc) is 3.85. The molecule has 0 spiro atoms. The smallest absolute Gasteiger partial charge is 0.297 e. The maximum Gasteiger partial charge on any atom is 0.297 e. The van der Waals surface area contributed by atoms with Gasteiger partial charge in [0, 0.05) is 63.8 Å².